The number of fused-ring (bicyclic) bond motifs is 1. The third-order valence-electron chi connectivity index (χ3n) is 3.86. The van der Waals surface area contributed by atoms with E-state index in [0.29, 0.717) is 11.3 Å². The standard InChI is InChI=1S/C20H20N2O4/c1-20(2)12-14-6-5-7-16(18(14)26-20)25-11-4-3-10-21-19(24)15-8-9-17(23)22-13-15/h5-9,13H,10-12H2,1-2H3,(H,21,24)(H,22,23). The molecule has 0 atom stereocenters. The zero-order chi connectivity index (χ0) is 18.6. The van der Waals surface area contributed by atoms with Crippen molar-refractivity contribution in [1.82, 2.24) is 10.3 Å². The number of aromatic amines is 1. The van der Waals surface area contributed by atoms with E-state index in [-0.39, 0.29) is 30.2 Å². The summed E-state index contributed by atoms with van der Waals surface area (Å²) in [6, 6.07) is 8.60. The highest BCUT2D eigenvalue weighted by Crippen LogP contribution is 2.41. The molecule has 0 aliphatic carbocycles. The summed E-state index contributed by atoms with van der Waals surface area (Å²) in [7, 11) is 0. The van der Waals surface area contributed by atoms with Crippen molar-refractivity contribution in [3.8, 4) is 23.3 Å². The van der Waals surface area contributed by atoms with Crippen LogP contribution in [0.5, 0.6) is 11.5 Å². The molecule has 6 nitrogen and oxygen atoms in total. The van der Waals surface area contributed by atoms with Gasteiger partial charge in [-0.15, -0.1) is 0 Å². The van der Waals surface area contributed by atoms with Gasteiger partial charge in [-0.2, -0.15) is 0 Å². The van der Waals surface area contributed by atoms with Gasteiger partial charge in [-0.25, -0.2) is 0 Å². The van der Waals surface area contributed by atoms with Crippen molar-refractivity contribution in [3.63, 3.8) is 0 Å². The minimum absolute atomic E-state index is 0.192. The topological polar surface area (TPSA) is 80.4 Å². The van der Waals surface area contributed by atoms with Crippen LogP contribution in [0.1, 0.15) is 29.8 Å². The van der Waals surface area contributed by atoms with Crippen LogP contribution in [-0.4, -0.2) is 29.6 Å². The molecule has 3 rings (SSSR count). The van der Waals surface area contributed by atoms with E-state index in [9.17, 15) is 9.59 Å². The van der Waals surface area contributed by atoms with Crippen LogP contribution in [0.25, 0.3) is 0 Å². The minimum atomic E-state index is -0.298. The van der Waals surface area contributed by atoms with E-state index in [1.807, 2.05) is 32.0 Å². The van der Waals surface area contributed by atoms with Crippen LogP contribution in [0.15, 0.2) is 41.3 Å². The Bertz CT molecular complexity index is 914. The number of pyridine rings is 1. The lowest BCUT2D eigenvalue weighted by atomic mass is 10.0. The molecular weight excluding hydrogens is 332 g/mol. The molecule has 26 heavy (non-hydrogen) atoms. The van der Waals surface area contributed by atoms with Gasteiger partial charge in [0.2, 0.25) is 5.56 Å². The summed E-state index contributed by atoms with van der Waals surface area (Å²) in [6.07, 6.45) is 2.22. The maximum atomic E-state index is 11.9. The highest BCUT2D eigenvalue weighted by molar-refractivity contribution is 5.93. The Morgan fingerprint density at radius 3 is 2.92 bits per heavy atom. The van der Waals surface area contributed by atoms with Gasteiger partial charge in [0.05, 0.1) is 12.1 Å². The molecule has 1 aromatic heterocycles. The van der Waals surface area contributed by atoms with Gasteiger partial charge in [-0.3, -0.25) is 9.59 Å². The maximum absolute atomic E-state index is 11.9. The number of benzene rings is 1. The molecule has 2 N–H and O–H groups in total. The monoisotopic (exact) mass is 352 g/mol. The van der Waals surface area contributed by atoms with Crippen LogP contribution < -0.4 is 20.3 Å². The molecule has 0 spiro atoms. The number of amides is 1. The Labute approximate surface area is 151 Å². The molecule has 134 valence electrons. The molecule has 1 aliphatic heterocycles. The molecule has 1 amide bonds. The number of aromatic nitrogens is 1. The van der Waals surface area contributed by atoms with E-state index in [2.05, 4.69) is 22.1 Å². The number of carbonyl (C=O) groups is 1. The summed E-state index contributed by atoms with van der Waals surface area (Å²) in [4.78, 5) is 25.3. The Kier molecular flexibility index (Phi) is 4.99. The summed E-state index contributed by atoms with van der Waals surface area (Å²) in [5.74, 6) is 6.86. The van der Waals surface area contributed by atoms with Gasteiger partial charge >= 0.3 is 0 Å². The Morgan fingerprint density at radius 1 is 1.31 bits per heavy atom. The van der Waals surface area contributed by atoms with E-state index in [0.717, 1.165) is 17.7 Å². The molecule has 2 heterocycles. The molecule has 2 aromatic rings. The molecular formula is C20H20N2O4. The first kappa shape index (κ1) is 17.6. The van der Waals surface area contributed by atoms with Gasteiger partial charge in [0.15, 0.2) is 11.5 Å². The van der Waals surface area contributed by atoms with E-state index < -0.39 is 0 Å². The van der Waals surface area contributed by atoms with Gasteiger partial charge in [0.25, 0.3) is 5.91 Å². The Hall–Kier alpha value is -3.20. The molecule has 1 aliphatic rings. The Morgan fingerprint density at radius 2 is 2.15 bits per heavy atom. The second-order valence-corrected chi connectivity index (χ2v) is 6.55. The van der Waals surface area contributed by atoms with Crippen molar-refractivity contribution in [2.24, 2.45) is 0 Å². The van der Waals surface area contributed by atoms with Gasteiger partial charge in [-0.05, 0) is 26.0 Å². The van der Waals surface area contributed by atoms with Crippen molar-refractivity contribution in [2.45, 2.75) is 25.9 Å². The number of para-hydroxylation sites is 1. The number of nitrogens with one attached hydrogen (secondary N) is 2. The second kappa shape index (κ2) is 7.36. The predicted octanol–water partition coefficient (Wildman–Crippen LogP) is 1.90. The summed E-state index contributed by atoms with van der Waals surface area (Å²) >= 11 is 0. The zero-order valence-electron chi connectivity index (χ0n) is 14.7. The van der Waals surface area contributed by atoms with Crippen LogP contribution in [-0.2, 0) is 6.42 Å². The number of ether oxygens (including phenoxy) is 2. The van der Waals surface area contributed by atoms with Crippen molar-refractivity contribution in [1.29, 1.82) is 0 Å². The van der Waals surface area contributed by atoms with Gasteiger partial charge in [0, 0.05) is 24.2 Å². The van der Waals surface area contributed by atoms with Crippen LogP contribution in [0.4, 0.5) is 0 Å². The van der Waals surface area contributed by atoms with Crippen molar-refractivity contribution in [3.05, 3.63) is 58.0 Å². The molecule has 0 unspecified atom stereocenters. The van der Waals surface area contributed by atoms with Crippen molar-refractivity contribution < 1.29 is 14.3 Å². The fourth-order valence-corrected chi connectivity index (χ4v) is 2.71. The highest BCUT2D eigenvalue weighted by atomic mass is 16.5. The summed E-state index contributed by atoms with van der Waals surface area (Å²) in [5.41, 5.74) is 1.04. The third kappa shape index (κ3) is 4.25. The second-order valence-electron chi connectivity index (χ2n) is 6.55. The van der Waals surface area contributed by atoms with Gasteiger partial charge in [-0.1, -0.05) is 24.0 Å². The molecule has 0 bridgehead atoms. The maximum Gasteiger partial charge on any atom is 0.253 e. The zero-order valence-corrected chi connectivity index (χ0v) is 14.7. The minimum Gasteiger partial charge on any atom is -0.483 e. The molecule has 0 saturated carbocycles. The van der Waals surface area contributed by atoms with Crippen LogP contribution in [0.3, 0.4) is 0 Å². The van der Waals surface area contributed by atoms with E-state index >= 15 is 0 Å². The molecule has 0 saturated heterocycles. The quantitative estimate of drug-likeness (QED) is 0.824. The van der Waals surface area contributed by atoms with Gasteiger partial charge < -0.3 is 19.8 Å². The number of carbonyl (C=O) groups excluding carboxylic acids is 1. The first-order valence-corrected chi connectivity index (χ1v) is 8.31. The van der Waals surface area contributed by atoms with Crippen molar-refractivity contribution in [2.75, 3.05) is 13.2 Å². The fraction of sp³-hybridized carbons (Fsp3) is 0.300. The third-order valence-corrected chi connectivity index (χ3v) is 3.86. The van der Waals surface area contributed by atoms with Crippen molar-refractivity contribution >= 4 is 5.91 Å². The Balaban J connectivity index is 1.48. The fourth-order valence-electron chi connectivity index (χ4n) is 2.71. The molecule has 1 aromatic carbocycles. The summed E-state index contributed by atoms with van der Waals surface area (Å²) in [6.45, 7) is 4.48. The first-order chi connectivity index (χ1) is 12.4. The summed E-state index contributed by atoms with van der Waals surface area (Å²) < 4.78 is 11.6. The predicted molar refractivity (Wildman–Crippen MR) is 97.5 cm³/mol. The summed E-state index contributed by atoms with van der Waals surface area (Å²) in [5, 5.41) is 2.65. The average molecular weight is 352 g/mol. The van der Waals surface area contributed by atoms with E-state index in [4.69, 9.17) is 9.47 Å². The lowest BCUT2D eigenvalue weighted by molar-refractivity contribution is 0.0958. The molecule has 6 heteroatoms. The molecule has 0 radical (unpaired) electrons. The lowest BCUT2D eigenvalue weighted by Crippen LogP contribution is -2.24. The van der Waals surface area contributed by atoms with Crippen LogP contribution in [0, 0.1) is 11.8 Å². The molecule has 0 fully saturated rings. The number of rotatable bonds is 4. The van der Waals surface area contributed by atoms with Crippen LogP contribution >= 0.6 is 0 Å². The van der Waals surface area contributed by atoms with Crippen LogP contribution in [0.2, 0.25) is 0 Å². The van der Waals surface area contributed by atoms with E-state index in [1.165, 1.54) is 18.3 Å². The number of hydrogen-bond donors (Lipinski definition) is 2. The normalized spacial score (nSPS) is 13.8. The number of H-pyrrole nitrogens is 1. The van der Waals surface area contributed by atoms with Gasteiger partial charge in [0.1, 0.15) is 12.2 Å². The number of hydrogen-bond acceptors (Lipinski definition) is 4. The van der Waals surface area contributed by atoms with E-state index in [1.54, 1.807) is 0 Å². The first-order valence-electron chi connectivity index (χ1n) is 8.31. The lowest BCUT2D eigenvalue weighted by Gasteiger charge is -2.17. The average Bonchev–Trinajstić information content (AvgIpc) is 2.93. The smallest absolute Gasteiger partial charge is 0.253 e. The largest absolute Gasteiger partial charge is 0.483 e. The highest BCUT2D eigenvalue weighted by Gasteiger charge is 2.32. The SMILES string of the molecule is CC1(C)Cc2cccc(OCC#CCNC(=O)c3ccc(=O)[nH]c3)c2O1.